The molecule has 218 valence electrons. The van der Waals surface area contributed by atoms with E-state index in [4.69, 9.17) is 9.72 Å². The van der Waals surface area contributed by atoms with E-state index in [1.54, 1.807) is 17.4 Å². The summed E-state index contributed by atoms with van der Waals surface area (Å²) in [5, 5.41) is 11.5. The van der Waals surface area contributed by atoms with Crippen LogP contribution in [0.15, 0.2) is 42.5 Å². The van der Waals surface area contributed by atoms with Crippen molar-refractivity contribution in [2.75, 3.05) is 26.3 Å². The maximum atomic E-state index is 13.5. The topological polar surface area (TPSA) is 97.5 Å². The molecule has 9 heteroatoms. The normalized spacial score (nSPS) is 16.5. The van der Waals surface area contributed by atoms with Crippen molar-refractivity contribution in [3.63, 3.8) is 0 Å². The Morgan fingerprint density at radius 1 is 1.05 bits per heavy atom. The third-order valence-electron chi connectivity index (χ3n) is 8.37. The number of nitrogens with zero attached hydrogens (tertiary/aromatic N) is 4. The van der Waals surface area contributed by atoms with E-state index in [2.05, 4.69) is 36.2 Å². The summed E-state index contributed by atoms with van der Waals surface area (Å²) in [6.07, 6.45) is 8.52. The molecule has 1 N–H and O–H groups in total. The summed E-state index contributed by atoms with van der Waals surface area (Å²) < 4.78 is 7.48. The number of carbonyl (C=O) groups excluding carboxylic acids is 1. The van der Waals surface area contributed by atoms with Crippen molar-refractivity contribution in [1.29, 1.82) is 0 Å². The van der Waals surface area contributed by atoms with Crippen LogP contribution in [0.25, 0.3) is 39.6 Å². The standard InChI is InChI=1S/C33H36N4O4S/c1-21-32(34-22(2)42-21)29-12-8-24-18-25(9-11-28(24)35-29)33-27(23-6-4-3-5-7-23)19-26(10-13-31(39)40)37(33)20-30(38)36-14-16-41-17-15-36/h8-13,18-19,23H,3-7,14-17,20H2,1-2H3,(H,39,40). The molecule has 0 spiro atoms. The number of hydrogen-bond acceptors (Lipinski definition) is 6. The van der Waals surface area contributed by atoms with E-state index in [0.717, 1.165) is 68.0 Å². The Morgan fingerprint density at radius 2 is 1.83 bits per heavy atom. The number of benzene rings is 1. The van der Waals surface area contributed by atoms with Crippen LogP contribution in [-0.2, 0) is 20.9 Å². The third-order valence-corrected chi connectivity index (χ3v) is 9.25. The maximum Gasteiger partial charge on any atom is 0.328 e. The van der Waals surface area contributed by atoms with E-state index in [-0.39, 0.29) is 12.5 Å². The predicted molar refractivity (Wildman–Crippen MR) is 166 cm³/mol. The molecule has 0 bridgehead atoms. The van der Waals surface area contributed by atoms with Crippen molar-refractivity contribution < 1.29 is 19.4 Å². The quantitative estimate of drug-likeness (QED) is 0.251. The van der Waals surface area contributed by atoms with Crippen molar-refractivity contribution in [3.8, 4) is 22.6 Å². The molecule has 2 fully saturated rings. The SMILES string of the molecule is Cc1nc(-c2ccc3cc(-c4c(C5CCCCC5)cc(C=CC(=O)O)n4CC(=O)N4CCOCC4)ccc3n2)c(C)s1. The molecule has 1 saturated heterocycles. The first-order valence-corrected chi connectivity index (χ1v) is 15.5. The number of carboxylic acids is 1. The van der Waals surface area contributed by atoms with Gasteiger partial charge in [0.25, 0.3) is 0 Å². The molecule has 0 unspecified atom stereocenters. The highest BCUT2D eigenvalue weighted by atomic mass is 32.1. The number of thiazole rings is 1. The molecule has 1 amide bonds. The van der Waals surface area contributed by atoms with Gasteiger partial charge in [-0.3, -0.25) is 4.79 Å². The smallest absolute Gasteiger partial charge is 0.328 e. The van der Waals surface area contributed by atoms with E-state index in [9.17, 15) is 14.7 Å². The first kappa shape index (κ1) is 28.3. The zero-order chi connectivity index (χ0) is 29.2. The molecule has 4 heterocycles. The Kier molecular flexibility index (Phi) is 8.22. The summed E-state index contributed by atoms with van der Waals surface area (Å²) in [4.78, 5) is 37.7. The number of fused-ring (bicyclic) bond motifs is 1. The molecule has 8 nitrogen and oxygen atoms in total. The van der Waals surface area contributed by atoms with Crippen molar-refractivity contribution in [2.24, 2.45) is 0 Å². The molecule has 1 aliphatic heterocycles. The van der Waals surface area contributed by atoms with Gasteiger partial charge in [-0.1, -0.05) is 31.4 Å². The van der Waals surface area contributed by atoms with Crippen LogP contribution in [0.3, 0.4) is 0 Å². The maximum absolute atomic E-state index is 13.5. The van der Waals surface area contributed by atoms with E-state index in [1.807, 2.05) is 28.5 Å². The van der Waals surface area contributed by atoms with Gasteiger partial charge < -0.3 is 19.3 Å². The number of ether oxygens (including phenoxy) is 1. The summed E-state index contributed by atoms with van der Waals surface area (Å²) in [5.41, 5.74) is 6.58. The summed E-state index contributed by atoms with van der Waals surface area (Å²) in [7, 11) is 0. The zero-order valence-corrected chi connectivity index (χ0v) is 25.0. The van der Waals surface area contributed by atoms with Crippen LogP contribution >= 0.6 is 11.3 Å². The second-order valence-corrected chi connectivity index (χ2v) is 12.6. The zero-order valence-electron chi connectivity index (χ0n) is 24.1. The highest BCUT2D eigenvalue weighted by Gasteiger charge is 2.27. The van der Waals surface area contributed by atoms with Gasteiger partial charge in [-0.2, -0.15) is 0 Å². The van der Waals surface area contributed by atoms with Gasteiger partial charge in [-0.25, -0.2) is 14.8 Å². The number of hydrogen-bond donors (Lipinski definition) is 1. The molecule has 3 aromatic heterocycles. The lowest BCUT2D eigenvalue weighted by atomic mass is 9.83. The lowest BCUT2D eigenvalue weighted by Crippen LogP contribution is -2.42. The van der Waals surface area contributed by atoms with Gasteiger partial charge in [0.1, 0.15) is 12.2 Å². The van der Waals surface area contributed by atoms with E-state index in [0.29, 0.717) is 32.2 Å². The van der Waals surface area contributed by atoms with Gasteiger partial charge in [0.2, 0.25) is 5.91 Å². The number of pyridine rings is 1. The summed E-state index contributed by atoms with van der Waals surface area (Å²) in [5.74, 6) is -0.643. The Hall–Kier alpha value is -3.82. The van der Waals surface area contributed by atoms with Crippen LogP contribution in [0.2, 0.25) is 0 Å². The summed E-state index contributed by atoms with van der Waals surface area (Å²) in [6, 6.07) is 12.5. The molecule has 0 atom stereocenters. The van der Waals surface area contributed by atoms with Crippen LogP contribution in [0.4, 0.5) is 0 Å². The number of carboxylic acid groups (broad SMARTS) is 1. The first-order chi connectivity index (χ1) is 20.4. The minimum absolute atomic E-state index is 0.0105. The Balaban J connectivity index is 1.46. The van der Waals surface area contributed by atoms with Gasteiger partial charge in [-0.15, -0.1) is 11.3 Å². The molecule has 6 rings (SSSR count). The number of amides is 1. The van der Waals surface area contributed by atoms with E-state index in [1.165, 1.54) is 24.8 Å². The Labute approximate surface area is 249 Å². The number of aryl methyl sites for hydroxylation is 2. The lowest BCUT2D eigenvalue weighted by Gasteiger charge is -2.28. The predicted octanol–water partition coefficient (Wildman–Crippen LogP) is 6.45. The van der Waals surface area contributed by atoms with Crippen LogP contribution in [0, 0.1) is 13.8 Å². The highest BCUT2D eigenvalue weighted by molar-refractivity contribution is 7.11. The fraction of sp³-hybridized carbons (Fsp3) is 0.394. The average molecular weight is 585 g/mol. The highest BCUT2D eigenvalue weighted by Crippen LogP contribution is 2.41. The van der Waals surface area contributed by atoms with Crippen LogP contribution < -0.4 is 0 Å². The van der Waals surface area contributed by atoms with Crippen LogP contribution in [0.5, 0.6) is 0 Å². The van der Waals surface area contributed by atoms with Crippen molar-refractivity contribution >= 4 is 40.2 Å². The van der Waals surface area contributed by atoms with Gasteiger partial charge in [0.15, 0.2) is 0 Å². The molecule has 1 aromatic carbocycles. The largest absolute Gasteiger partial charge is 0.478 e. The van der Waals surface area contributed by atoms with Crippen LogP contribution in [-0.4, -0.2) is 62.7 Å². The fourth-order valence-corrected chi connectivity index (χ4v) is 7.15. The molecule has 1 saturated carbocycles. The number of morpholine rings is 1. The average Bonchev–Trinajstić information content (AvgIpc) is 3.54. The molecular weight excluding hydrogens is 548 g/mol. The molecule has 2 aliphatic rings. The number of aliphatic carboxylic acids is 1. The van der Waals surface area contributed by atoms with Gasteiger partial charge in [0, 0.05) is 35.1 Å². The lowest BCUT2D eigenvalue weighted by molar-refractivity contribution is -0.136. The minimum atomic E-state index is -1.01. The van der Waals surface area contributed by atoms with E-state index < -0.39 is 5.97 Å². The van der Waals surface area contributed by atoms with E-state index >= 15 is 0 Å². The summed E-state index contributed by atoms with van der Waals surface area (Å²) in [6.45, 7) is 6.41. The summed E-state index contributed by atoms with van der Waals surface area (Å²) >= 11 is 1.67. The molecule has 1 aliphatic carbocycles. The molecule has 4 aromatic rings. The molecule has 0 radical (unpaired) electrons. The number of aromatic nitrogens is 3. The first-order valence-electron chi connectivity index (χ1n) is 14.7. The van der Waals surface area contributed by atoms with Crippen LogP contribution in [0.1, 0.15) is 59.2 Å². The second-order valence-electron chi connectivity index (χ2n) is 11.2. The van der Waals surface area contributed by atoms with Gasteiger partial charge in [0.05, 0.1) is 35.1 Å². The Morgan fingerprint density at radius 3 is 2.55 bits per heavy atom. The number of rotatable bonds is 7. The molecular formula is C33H36N4O4S. The third kappa shape index (κ3) is 5.89. The van der Waals surface area contributed by atoms with Gasteiger partial charge in [-0.05, 0) is 74.1 Å². The Bertz CT molecular complexity index is 1660. The van der Waals surface area contributed by atoms with Crippen molar-refractivity contribution in [2.45, 2.75) is 58.4 Å². The molecule has 42 heavy (non-hydrogen) atoms. The van der Waals surface area contributed by atoms with Crippen molar-refractivity contribution in [3.05, 3.63) is 63.6 Å². The minimum Gasteiger partial charge on any atom is -0.478 e. The van der Waals surface area contributed by atoms with Crippen molar-refractivity contribution in [1.82, 2.24) is 19.4 Å². The van der Waals surface area contributed by atoms with Gasteiger partial charge >= 0.3 is 5.97 Å². The fourth-order valence-electron chi connectivity index (χ4n) is 6.32. The number of carbonyl (C=O) groups is 2. The monoisotopic (exact) mass is 584 g/mol. The second kappa shape index (κ2) is 12.2.